The Balaban J connectivity index is 2.00. The fourth-order valence-electron chi connectivity index (χ4n) is 1.61. The van der Waals surface area contributed by atoms with Gasteiger partial charge in [0.05, 0.1) is 13.0 Å². The average molecular weight is 198 g/mol. The van der Waals surface area contributed by atoms with E-state index in [0.29, 0.717) is 13.0 Å². The number of carbonyl (C=O) groups is 1. The first kappa shape index (κ1) is 9.68. The SMILES string of the molecule is CC1(C)OC[C@H]([C@H]2C=CCC(=O)O2)O1. The van der Waals surface area contributed by atoms with Crippen molar-refractivity contribution in [1.82, 2.24) is 0 Å². The van der Waals surface area contributed by atoms with E-state index in [9.17, 15) is 4.79 Å². The standard InChI is InChI=1S/C10H14O4/c1-10(2)12-6-8(14-10)7-4-3-5-9(11)13-7/h3-4,7-8H,5-6H2,1-2H3/t7-,8-/m1/s1. The highest BCUT2D eigenvalue weighted by Gasteiger charge is 2.38. The largest absolute Gasteiger partial charge is 0.455 e. The Morgan fingerprint density at radius 3 is 2.86 bits per heavy atom. The van der Waals surface area contributed by atoms with Crippen LogP contribution in [0.15, 0.2) is 12.2 Å². The molecule has 78 valence electrons. The van der Waals surface area contributed by atoms with Crippen LogP contribution < -0.4 is 0 Å². The number of carbonyl (C=O) groups excluding carboxylic acids is 1. The van der Waals surface area contributed by atoms with Crippen LogP contribution in [0.3, 0.4) is 0 Å². The molecule has 0 aromatic carbocycles. The molecule has 4 nitrogen and oxygen atoms in total. The summed E-state index contributed by atoms with van der Waals surface area (Å²) < 4.78 is 16.1. The lowest BCUT2D eigenvalue weighted by molar-refractivity contribution is -0.166. The first-order valence-corrected chi connectivity index (χ1v) is 4.75. The highest BCUT2D eigenvalue weighted by atomic mass is 16.7. The summed E-state index contributed by atoms with van der Waals surface area (Å²) >= 11 is 0. The molecule has 0 aromatic heterocycles. The smallest absolute Gasteiger partial charge is 0.310 e. The van der Waals surface area contributed by atoms with Gasteiger partial charge in [0.15, 0.2) is 5.79 Å². The maximum atomic E-state index is 11.0. The summed E-state index contributed by atoms with van der Waals surface area (Å²) in [5.41, 5.74) is 0. The zero-order valence-corrected chi connectivity index (χ0v) is 8.36. The first-order chi connectivity index (χ1) is 6.57. The van der Waals surface area contributed by atoms with Gasteiger partial charge in [-0.25, -0.2) is 0 Å². The molecule has 2 rings (SSSR count). The van der Waals surface area contributed by atoms with Crippen LogP contribution in [-0.2, 0) is 19.0 Å². The molecule has 1 fully saturated rings. The Morgan fingerprint density at radius 2 is 2.29 bits per heavy atom. The number of ether oxygens (including phenoxy) is 3. The van der Waals surface area contributed by atoms with Gasteiger partial charge in [-0.05, 0) is 19.9 Å². The van der Waals surface area contributed by atoms with Crippen LogP contribution in [0.1, 0.15) is 20.3 Å². The number of hydrogen-bond acceptors (Lipinski definition) is 4. The zero-order chi connectivity index (χ0) is 10.2. The van der Waals surface area contributed by atoms with Crippen LogP contribution in [-0.4, -0.2) is 30.6 Å². The van der Waals surface area contributed by atoms with Crippen molar-refractivity contribution in [2.75, 3.05) is 6.61 Å². The minimum Gasteiger partial charge on any atom is -0.455 e. The van der Waals surface area contributed by atoms with Gasteiger partial charge in [0.1, 0.15) is 12.2 Å². The highest BCUT2D eigenvalue weighted by Crippen LogP contribution is 2.26. The molecule has 0 saturated carbocycles. The van der Waals surface area contributed by atoms with Crippen LogP contribution in [0, 0.1) is 0 Å². The second-order valence-electron chi connectivity index (χ2n) is 3.95. The van der Waals surface area contributed by atoms with Gasteiger partial charge in [-0.2, -0.15) is 0 Å². The van der Waals surface area contributed by atoms with E-state index in [2.05, 4.69) is 0 Å². The molecule has 0 unspecified atom stereocenters. The Kier molecular flexibility index (Phi) is 2.33. The molecule has 0 spiro atoms. The van der Waals surface area contributed by atoms with E-state index >= 15 is 0 Å². The third-order valence-corrected chi connectivity index (χ3v) is 2.27. The second-order valence-corrected chi connectivity index (χ2v) is 3.95. The molecule has 2 heterocycles. The van der Waals surface area contributed by atoms with E-state index in [4.69, 9.17) is 14.2 Å². The van der Waals surface area contributed by atoms with Crippen LogP contribution in [0.4, 0.5) is 0 Å². The Labute approximate surface area is 82.8 Å². The lowest BCUT2D eigenvalue weighted by Gasteiger charge is -2.23. The van der Waals surface area contributed by atoms with Crippen molar-refractivity contribution in [2.45, 2.75) is 38.3 Å². The lowest BCUT2D eigenvalue weighted by Crippen LogP contribution is -2.34. The molecule has 2 aliphatic rings. The van der Waals surface area contributed by atoms with Crippen LogP contribution >= 0.6 is 0 Å². The van der Waals surface area contributed by atoms with Gasteiger partial charge >= 0.3 is 5.97 Å². The second kappa shape index (κ2) is 3.37. The van der Waals surface area contributed by atoms with E-state index in [-0.39, 0.29) is 18.2 Å². The topological polar surface area (TPSA) is 44.8 Å². The van der Waals surface area contributed by atoms with Crippen LogP contribution in [0.25, 0.3) is 0 Å². The maximum Gasteiger partial charge on any atom is 0.310 e. The lowest BCUT2D eigenvalue weighted by atomic mass is 10.1. The van der Waals surface area contributed by atoms with Gasteiger partial charge in [-0.15, -0.1) is 0 Å². The van der Waals surface area contributed by atoms with Gasteiger partial charge in [0.25, 0.3) is 0 Å². The van der Waals surface area contributed by atoms with Crippen molar-refractivity contribution in [3.05, 3.63) is 12.2 Å². The molecule has 0 amide bonds. The Hall–Kier alpha value is -0.870. The molecule has 0 aromatic rings. The van der Waals surface area contributed by atoms with Gasteiger partial charge in [-0.3, -0.25) is 4.79 Å². The summed E-state index contributed by atoms with van der Waals surface area (Å²) in [6, 6.07) is 0. The molecular formula is C10H14O4. The third kappa shape index (κ3) is 1.96. The van der Waals surface area contributed by atoms with Crippen molar-refractivity contribution in [2.24, 2.45) is 0 Å². The minimum atomic E-state index is -0.567. The maximum absolute atomic E-state index is 11.0. The molecule has 1 saturated heterocycles. The van der Waals surface area contributed by atoms with Crippen molar-refractivity contribution in [1.29, 1.82) is 0 Å². The normalized spacial score (nSPS) is 35.7. The molecule has 14 heavy (non-hydrogen) atoms. The fourth-order valence-corrected chi connectivity index (χ4v) is 1.61. The molecule has 0 bridgehead atoms. The van der Waals surface area contributed by atoms with Gasteiger partial charge in [-0.1, -0.05) is 6.08 Å². The van der Waals surface area contributed by atoms with E-state index in [1.165, 1.54) is 0 Å². The Morgan fingerprint density at radius 1 is 1.50 bits per heavy atom. The van der Waals surface area contributed by atoms with Crippen molar-refractivity contribution in [3.8, 4) is 0 Å². The molecule has 0 radical (unpaired) electrons. The summed E-state index contributed by atoms with van der Waals surface area (Å²) in [6.45, 7) is 4.16. The number of hydrogen-bond donors (Lipinski definition) is 0. The van der Waals surface area contributed by atoms with Gasteiger partial charge in [0.2, 0.25) is 0 Å². The highest BCUT2D eigenvalue weighted by molar-refractivity contribution is 5.72. The van der Waals surface area contributed by atoms with Crippen molar-refractivity contribution in [3.63, 3.8) is 0 Å². The van der Waals surface area contributed by atoms with Crippen molar-refractivity contribution >= 4 is 5.97 Å². The summed E-state index contributed by atoms with van der Waals surface area (Å²) in [5, 5.41) is 0. The van der Waals surface area contributed by atoms with E-state index in [0.717, 1.165) is 0 Å². The van der Waals surface area contributed by atoms with Gasteiger partial charge in [0, 0.05) is 0 Å². The number of rotatable bonds is 1. The molecule has 0 aliphatic carbocycles. The fraction of sp³-hybridized carbons (Fsp3) is 0.700. The monoisotopic (exact) mass is 198 g/mol. The molecule has 2 atom stereocenters. The Bertz CT molecular complexity index is 269. The van der Waals surface area contributed by atoms with Crippen LogP contribution in [0.5, 0.6) is 0 Å². The van der Waals surface area contributed by atoms with E-state index in [1.54, 1.807) is 0 Å². The minimum absolute atomic E-state index is 0.175. The van der Waals surface area contributed by atoms with E-state index < -0.39 is 5.79 Å². The molecular weight excluding hydrogens is 184 g/mol. The first-order valence-electron chi connectivity index (χ1n) is 4.75. The quantitative estimate of drug-likeness (QED) is 0.466. The van der Waals surface area contributed by atoms with E-state index in [1.807, 2.05) is 26.0 Å². The number of esters is 1. The predicted molar refractivity (Wildman–Crippen MR) is 48.5 cm³/mol. The zero-order valence-electron chi connectivity index (χ0n) is 8.36. The van der Waals surface area contributed by atoms with Crippen molar-refractivity contribution < 1.29 is 19.0 Å². The molecule has 2 aliphatic heterocycles. The summed E-state index contributed by atoms with van der Waals surface area (Å²) in [6.07, 6.45) is 3.55. The summed E-state index contributed by atoms with van der Waals surface area (Å²) in [4.78, 5) is 11.0. The number of cyclic esters (lactones) is 1. The van der Waals surface area contributed by atoms with Gasteiger partial charge < -0.3 is 14.2 Å². The predicted octanol–water partition coefficient (Wildman–Crippen LogP) is 1.01. The van der Waals surface area contributed by atoms with Crippen LogP contribution in [0.2, 0.25) is 0 Å². The summed E-state index contributed by atoms with van der Waals surface area (Å²) in [5.74, 6) is -0.770. The molecule has 4 heteroatoms. The summed E-state index contributed by atoms with van der Waals surface area (Å²) in [7, 11) is 0. The third-order valence-electron chi connectivity index (χ3n) is 2.27. The average Bonchev–Trinajstić information content (AvgIpc) is 2.46. The molecule has 0 N–H and O–H groups in total.